The van der Waals surface area contributed by atoms with Gasteiger partial charge in [-0.3, -0.25) is 13.9 Å². The number of nitrogens with one attached hydrogen (secondary N) is 1. The molecule has 0 bridgehead atoms. The number of nitrogens with zero attached hydrogens (tertiary/aromatic N) is 2. The van der Waals surface area contributed by atoms with E-state index in [4.69, 9.17) is 23.2 Å². The van der Waals surface area contributed by atoms with Gasteiger partial charge in [0.25, 0.3) is 0 Å². The molecule has 0 radical (unpaired) electrons. The van der Waals surface area contributed by atoms with Crippen LogP contribution in [0.25, 0.3) is 0 Å². The summed E-state index contributed by atoms with van der Waals surface area (Å²) in [5.74, 6) is -1.11. The molecular weight excluding hydrogens is 516 g/mol. The highest BCUT2D eigenvalue weighted by Crippen LogP contribution is 2.24. The molecule has 0 aliphatic rings. The van der Waals surface area contributed by atoms with Crippen LogP contribution in [0.15, 0.2) is 42.5 Å². The zero-order valence-corrected chi connectivity index (χ0v) is 22.4. The summed E-state index contributed by atoms with van der Waals surface area (Å²) in [6.45, 7) is 5.42. The molecule has 0 fully saturated rings. The van der Waals surface area contributed by atoms with Crippen LogP contribution in [0.5, 0.6) is 0 Å². The van der Waals surface area contributed by atoms with Gasteiger partial charge in [-0.1, -0.05) is 29.3 Å². The molecule has 0 unspecified atom stereocenters. The summed E-state index contributed by atoms with van der Waals surface area (Å²) < 4.78 is 39.0. The van der Waals surface area contributed by atoms with Crippen molar-refractivity contribution < 1.29 is 22.4 Å². The Hall–Kier alpha value is -2.36. The van der Waals surface area contributed by atoms with Gasteiger partial charge in [0.15, 0.2) is 0 Å². The number of carbonyl (C=O) groups excluding carboxylic acids is 2. The average Bonchev–Trinajstić information content (AvgIpc) is 2.76. The highest BCUT2D eigenvalue weighted by molar-refractivity contribution is 7.92. The van der Waals surface area contributed by atoms with Crippen molar-refractivity contribution in [2.45, 2.75) is 52.2 Å². The van der Waals surface area contributed by atoms with Crippen LogP contribution in [0.3, 0.4) is 0 Å². The van der Waals surface area contributed by atoms with E-state index in [1.807, 2.05) is 13.8 Å². The first kappa shape index (κ1) is 28.9. The third-order valence-electron chi connectivity index (χ3n) is 5.20. The van der Waals surface area contributed by atoms with Crippen molar-refractivity contribution in [2.75, 3.05) is 17.1 Å². The molecule has 0 heterocycles. The summed E-state index contributed by atoms with van der Waals surface area (Å²) in [7, 11) is -3.65. The van der Waals surface area contributed by atoms with Crippen LogP contribution in [0, 0.1) is 5.82 Å². The Labute approximate surface area is 216 Å². The van der Waals surface area contributed by atoms with Gasteiger partial charge in [-0.15, -0.1) is 0 Å². The molecule has 192 valence electrons. The Balaban J connectivity index is 2.18. The summed E-state index contributed by atoms with van der Waals surface area (Å²) in [5, 5.41) is 3.51. The molecule has 0 aliphatic heterocycles. The Kier molecular flexibility index (Phi) is 10.4. The Morgan fingerprint density at radius 1 is 1.03 bits per heavy atom. The highest BCUT2D eigenvalue weighted by atomic mass is 35.5. The average molecular weight is 546 g/mol. The molecule has 35 heavy (non-hydrogen) atoms. The highest BCUT2D eigenvalue weighted by Gasteiger charge is 2.27. The molecule has 0 saturated heterocycles. The number of amides is 2. The first-order valence-corrected chi connectivity index (χ1v) is 13.7. The van der Waals surface area contributed by atoms with E-state index in [-0.39, 0.29) is 43.8 Å². The van der Waals surface area contributed by atoms with E-state index in [1.165, 1.54) is 29.2 Å². The van der Waals surface area contributed by atoms with E-state index in [1.54, 1.807) is 25.1 Å². The molecule has 2 aromatic rings. The van der Waals surface area contributed by atoms with E-state index in [2.05, 4.69) is 5.32 Å². The lowest BCUT2D eigenvalue weighted by atomic mass is 10.1. The Morgan fingerprint density at radius 2 is 1.66 bits per heavy atom. The van der Waals surface area contributed by atoms with Gasteiger partial charge in [0, 0.05) is 25.6 Å². The quantitative estimate of drug-likeness (QED) is 0.446. The molecule has 2 aromatic carbocycles. The molecule has 0 aromatic heterocycles. The molecule has 11 heteroatoms. The summed E-state index contributed by atoms with van der Waals surface area (Å²) >= 11 is 12.1. The number of hydrogen-bond acceptors (Lipinski definition) is 4. The van der Waals surface area contributed by atoms with Gasteiger partial charge in [-0.25, -0.2) is 12.8 Å². The van der Waals surface area contributed by atoms with E-state index >= 15 is 0 Å². The Morgan fingerprint density at radius 3 is 2.20 bits per heavy atom. The summed E-state index contributed by atoms with van der Waals surface area (Å²) in [6.07, 6.45) is 1.24. The second-order valence-electron chi connectivity index (χ2n) is 8.52. The molecular formula is C24H30Cl2FN3O4S. The first-order chi connectivity index (χ1) is 16.3. The summed E-state index contributed by atoms with van der Waals surface area (Å²) in [4.78, 5) is 27.3. The first-order valence-electron chi connectivity index (χ1n) is 11.1. The van der Waals surface area contributed by atoms with E-state index in [0.29, 0.717) is 21.3 Å². The Bertz CT molecular complexity index is 1140. The predicted octanol–water partition coefficient (Wildman–Crippen LogP) is 4.62. The van der Waals surface area contributed by atoms with E-state index in [9.17, 15) is 22.4 Å². The van der Waals surface area contributed by atoms with Crippen molar-refractivity contribution >= 4 is 50.7 Å². The minimum absolute atomic E-state index is 0.00612. The SMILES string of the molecule is CC(C)NC(=O)[C@@H](C)N(Cc1ccc(Cl)c(Cl)c1)C(=O)CCCN(c1ccc(F)cc1)S(C)(=O)=O. The molecule has 0 spiro atoms. The fourth-order valence-electron chi connectivity index (χ4n) is 3.43. The second kappa shape index (κ2) is 12.6. The second-order valence-corrected chi connectivity index (χ2v) is 11.2. The molecule has 1 N–H and O–H groups in total. The van der Waals surface area contributed by atoms with Crippen LogP contribution in [0.1, 0.15) is 39.2 Å². The standard InChI is InChI=1S/C24H30Cl2FN3O4S/c1-16(2)28-24(32)17(3)29(15-18-7-12-21(25)22(26)14-18)23(31)6-5-13-30(35(4,33)34)20-10-8-19(27)9-11-20/h7-12,14,16-17H,5-6,13,15H2,1-4H3,(H,28,32)/t17-/m1/s1. The van der Waals surface area contributed by atoms with Crippen LogP contribution >= 0.6 is 23.2 Å². The molecule has 0 aliphatic carbocycles. The fraction of sp³-hybridized carbons (Fsp3) is 0.417. The third-order valence-corrected chi connectivity index (χ3v) is 7.14. The lowest BCUT2D eigenvalue weighted by molar-refractivity contribution is -0.140. The maximum absolute atomic E-state index is 13.3. The summed E-state index contributed by atoms with van der Waals surface area (Å²) in [5.41, 5.74) is 1.000. The molecule has 2 rings (SSSR count). The van der Waals surface area contributed by atoms with Crippen molar-refractivity contribution in [1.82, 2.24) is 10.2 Å². The fourth-order valence-corrected chi connectivity index (χ4v) is 4.72. The number of halogens is 3. The van der Waals surface area contributed by atoms with Gasteiger partial charge in [0.1, 0.15) is 11.9 Å². The number of hydrogen-bond donors (Lipinski definition) is 1. The number of rotatable bonds is 11. The molecule has 2 amide bonds. The number of benzene rings is 2. The molecule has 0 saturated carbocycles. The van der Waals surface area contributed by atoms with Crippen molar-refractivity contribution in [3.63, 3.8) is 0 Å². The number of anilines is 1. The van der Waals surface area contributed by atoms with Gasteiger partial charge < -0.3 is 10.2 Å². The van der Waals surface area contributed by atoms with Crippen molar-refractivity contribution in [3.05, 3.63) is 63.9 Å². The third kappa shape index (κ3) is 8.66. The van der Waals surface area contributed by atoms with Crippen LogP contribution in [0.4, 0.5) is 10.1 Å². The van der Waals surface area contributed by atoms with Gasteiger partial charge in [0.05, 0.1) is 22.0 Å². The monoisotopic (exact) mass is 545 g/mol. The van der Waals surface area contributed by atoms with Crippen molar-refractivity contribution in [3.8, 4) is 0 Å². The topological polar surface area (TPSA) is 86.8 Å². The molecule has 1 atom stereocenters. The maximum Gasteiger partial charge on any atom is 0.242 e. The van der Waals surface area contributed by atoms with Crippen molar-refractivity contribution in [1.29, 1.82) is 0 Å². The number of sulfonamides is 1. The zero-order chi connectivity index (χ0) is 26.3. The molecule has 7 nitrogen and oxygen atoms in total. The van der Waals surface area contributed by atoms with Gasteiger partial charge in [-0.2, -0.15) is 0 Å². The lowest BCUT2D eigenvalue weighted by Crippen LogP contribution is -2.49. The smallest absolute Gasteiger partial charge is 0.242 e. The minimum Gasteiger partial charge on any atom is -0.352 e. The number of carbonyl (C=O) groups is 2. The van der Waals surface area contributed by atoms with E-state index < -0.39 is 21.9 Å². The van der Waals surface area contributed by atoms with Gasteiger partial charge in [-0.05, 0) is 69.2 Å². The van der Waals surface area contributed by atoms with Crippen LogP contribution < -0.4 is 9.62 Å². The van der Waals surface area contributed by atoms with Crippen LogP contribution in [-0.4, -0.2) is 50.0 Å². The largest absolute Gasteiger partial charge is 0.352 e. The van der Waals surface area contributed by atoms with Crippen LogP contribution in [-0.2, 0) is 26.2 Å². The zero-order valence-electron chi connectivity index (χ0n) is 20.1. The predicted molar refractivity (Wildman–Crippen MR) is 138 cm³/mol. The summed E-state index contributed by atoms with van der Waals surface area (Å²) in [6, 6.07) is 9.18. The van der Waals surface area contributed by atoms with E-state index in [0.717, 1.165) is 10.6 Å². The maximum atomic E-state index is 13.3. The normalized spacial score (nSPS) is 12.3. The van der Waals surface area contributed by atoms with Gasteiger partial charge >= 0.3 is 0 Å². The lowest BCUT2D eigenvalue weighted by Gasteiger charge is -2.30. The van der Waals surface area contributed by atoms with Gasteiger partial charge in [0.2, 0.25) is 21.8 Å². The van der Waals surface area contributed by atoms with Crippen LogP contribution in [0.2, 0.25) is 10.0 Å². The minimum atomic E-state index is -3.65. The van der Waals surface area contributed by atoms with Crippen molar-refractivity contribution in [2.24, 2.45) is 0 Å².